The molecule has 1 amide bonds. The molecule has 0 bridgehead atoms. The Bertz CT molecular complexity index is 541. The van der Waals surface area contributed by atoms with Crippen LogP contribution in [0.1, 0.15) is 31.0 Å². The highest BCUT2D eigenvalue weighted by Gasteiger charge is 2.50. The van der Waals surface area contributed by atoms with Gasteiger partial charge in [0.2, 0.25) is 5.91 Å². The summed E-state index contributed by atoms with van der Waals surface area (Å²) in [6.45, 7) is 1.34. The molecule has 1 unspecified atom stereocenters. The lowest BCUT2D eigenvalue weighted by molar-refractivity contribution is -0.142. The predicted octanol–water partition coefficient (Wildman–Crippen LogP) is 0.242. The van der Waals surface area contributed by atoms with Crippen LogP contribution < -0.4 is 0 Å². The Morgan fingerprint density at radius 2 is 2.20 bits per heavy atom. The summed E-state index contributed by atoms with van der Waals surface area (Å²) in [5.74, 6) is -0.562. The molecule has 0 spiro atoms. The maximum atomic E-state index is 12.3. The quantitative estimate of drug-likeness (QED) is 0.855. The summed E-state index contributed by atoms with van der Waals surface area (Å²) in [6, 6.07) is 0. The zero-order valence-corrected chi connectivity index (χ0v) is 11.4. The molecule has 1 aliphatic carbocycles. The van der Waals surface area contributed by atoms with Gasteiger partial charge in [-0.15, -0.1) is 10.2 Å². The number of rotatable bonds is 3. The van der Waals surface area contributed by atoms with Gasteiger partial charge in [0.05, 0.1) is 11.8 Å². The standard InChI is InChI=1S/C13H18N4O3/c1-16-7-14-15-11(16)8-3-2-4-17(6-8)12(18)9-5-10(9)13(19)20/h7-10H,2-6H2,1H3,(H,19,20)/t8?,9-,10+/m1/s1. The maximum absolute atomic E-state index is 12.3. The van der Waals surface area contributed by atoms with Crippen LogP contribution in [0, 0.1) is 11.8 Å². The Hall–Kier alpha value is -1.92. The van der Waals surface area contributed by atoms with Crippen molar-refractivity contribution in [2.45, 2.75) is 25.2 Å². The number of piperidine rings is 1. The van der Waals surface area contributed by atoms with Gasteiger partial charge in [0.25, 0.3) is 0 Å². The zero-order valence-electron chi connectivity index (χ0n) is 11.4. The number of hydrogen-bond donors (Lipinski definition) is 1. The first kappa shape index (κ1) is 13.1. The average Bonchev–Trinajstić information content (AvgIpc) is 3.14. The lowest BCUT2D eigenvalue weighted by Gasteiger charge is -2.32. The van der Waals surface area contributed by atoms with E-state index >= 15 is 0 Å². The average molecular weight is 278 g/mol. The zero-order chi connectivity index (χ0) is 14.3. The Balaban J connectivity index is 1.66. The van der Waals surface area contributed by atoms with Gasteiger partial charge in [-0.05, 0) is 19.3 Å². The molecule has 2 fully saturated rings. The number of carbonyl (C=O) groups excluding carboxylic acids is 1. The van der Waals surface area contributed by atoms with Crippen LogP contribution in [-0.4, -0.2) is 49.7 Å². The fraction of sp³-hybridized carbons (Fsp3) is 0.692. The highest BCUT2D eigenvalue weighted by molar-refractivity contribution is 5.89. The van der Waals surface area contributed by atoms with Crippen LogP contribution in [-0.2, 0) is 16.6 Å². The first-order valence-corrected chi connectivity index (χ1v) is 6.93. The molecule has 3 atom stereocenters. The third-order valence-electron chi connectivity index (χ3n) is 4.27. The molecule has 1 aromatic rings. The van der Waals surface area contributed by atoms with Crippen LogP contribution in [0.25, 0.3) is 0 Å². The van der Waals surface area contributed by atoms with Crippen LogP contribution in [0.2, 0.25) is 0 Å². The molecular formula is C13H18N4O3. The fourth-order valence-electron chi connectivity index (χ4n) is 3.03. The van der Waals surface area contributed by atoms with Crippen LogP contribution in [0.4, 0.5) is 0 Å². The van der Waals surface area contributed by atoms with Crippen molar-refractivity contribution in [1.82, 2.24) is 19.7 Å². The maximum Gasteiger partial charge on any atom is 0.307 e. The van der Waals surface area contributed by atoms with Gasteiger partial charge in [0, 0.05) is 26.1 Å². The second-order valence-electron chi connectivity index (χ2n) is 5.71. The topological polar surface area (TPSA) is 88.3 Å². The summed E-state index contributed by atoms with van der Waals surface area (Å²) >= 11 is 0. The van der Waals surface area contributed by atoms with Crippen molar-refractivity contribution in [2.24, 2.45) is 18.9 Å². The molecule has 20 heavy (non-hydrogen) atoms. The van der Waals surface area contributed by atoms with Gasteiger partial charge in [-0.3, -0.25) is 9.59 Å². The highest BCUT2D eigenvalue weighted by Crippen LogP contribution is 2.41. The molecule has 7 heteroatoms. The van der Waals surface area contributed by atoms with E-state index in [0.29, 0.717) is 13.0 Å². The Morgan fingerprint density at radius 3 is 2.80 bits per heavy atom. The summed E-state index contributed by atoms with van der Waals surface area (Å²) in [7, 11) is 1.90. The second-order valence-corrected chi connectivity index (χ2v) is 5.71. The molecule has 7 nitrogen and oxygen atoms in total. The largest absolute Gasteiger partial charge is 0.481 e. The number of likely N-dealkylation sites (tertiary alicyclic amines) is 1. The summed E-state index contributed by atoms with van der Waals surface area (Å²) < 4.78 is 1.88. The fourth-order valence-corrected chi connectivity index (χ4v) is 3.03. The molecule has 2 heterocycles. The lowest BCUT2D eigenvalue weighted by Crippen LogP contribution is -2.41. The highest BCUT2D eigenvalue weighted by atomic mass is 16.4. The van der Waals surface area contributed by atoms with Crippen LogP contribution in [0.15, 0.2) is 6.33 Å². The van der Waals surface area contributed by atoms with E-state index < -0.39 is 11.9 Å². The van der Waals surface area contributed by atoms with Gasteiger partial charge < -0.3 is 14.6 Å². The SMILES string of the molecule is Cn1cnnc1C1CCCN(C(=O)[C@@H]2C[C@@H]2C(=O)O)C1. The second kappa shape index (κ2) is 4.88. The van der Waals surface area contributed by atoms with E-state index in [1.165, 1.54) is 0 Å². The van der Waals surface area contributed by atoms with Gasteiger partial charge in [-0.2, -0.15) is 0 Å². The van der Waals surface area contributed by atoms with Crippen LogP contribution >= 0.6 is 0 Å². The minimum atomic E-state index is -0.856. The van der Waals surface area contributed by atoms with Crippen molar-refractivity contribution in [2.75, 3.05) is 13.1 Å². The molecule has 2 aliphatic rings. The third kappa shape index (κ3) is 2.28. The monoisotopic (exact) mass is 278 g/mol. The molecule has 1 aliphatic heterocycles. The number of amides is 1. The van der Waals surface area contributed by atoms with Gasteiger partial charge in [0.1, 0.15) is 12.2 Å². The number of carboxylic acid groups (broad SMARTS) is 1. The van der Waals surface area contributed by atoms with E-state index in [-0.39, 0.29) is 17.7 Å². The van der Waals surface area contributed by atoms with E-state index in [2.05, 4.69) is 10.2 Å². The Labute approximate surface area is 116 Å². The molecule has 0 radical (unpaired) electrons. The summed E-state index contributed by atoms with van der Waals surface area (Å²) in [5, 5.41) is 16.9. The number of carbonyl (C=O) groups is 2. The molecule has 0 aromatic carbocycles. The predicted molar refractivity (Wildman–Crippen MR) is 68.8 cm³/mol. The molecule has 108 valence electrons. The molecule has 1 saturated heterocycles. The summed E-state index contributed by atoms with van der Waals surface area (Å²) in [4.78, 5) is 25.0. The van der Waals surface area contributed by atoms with E-state index in [0.717, 1.165) is 25.2 Å². The lowest BCUT2D eigenvalue weighted by atomic mass is 9.96. The van der Waals surface area contributed by atoms with Crippen molar-refractivity contribution in [3.63, 3.8) is 0 Å². The van der Waals surface area contributed by atoms with Gasteiger partial charge in [0.15, 0.2) is 0 Å². The van der Waals surface area contributed by atoms with Crippen molar-refractivity contribution in [3.05, 3.63) is 12.2 Å². The van der Waals surface area contributed by atoms with Crippen molar-refractivity contribution < 1.29 is 14.7 Å². The third-order valence-corrected chi connectivity index (χ3v) is 4.27. The van der Waals surface area contributed by atoms with Gasteiger partial charge in [-0.1, -0.05) is 0 Å². The minimum Gasteiger partial charge on any atom is -0.481 e. The molecular weight excluding hydrogens is 260 g/mol. The van der Waals surface area contributed by atoms with Crippen molar-refractivity contribution in [1.29, 1.82) is 0 Å². The normalized spacial score (nSPS) is 29.2. The van der Waals surface area contributed by atoms with E-state index in [9.17, 15) is 9.59 Å². The van der Waals surface area contributed by atoms with Crippen molar-refractivity contribution >= 4 is 11.9 Å². The van der Waals surface area contributed by atoms with E-state index in [1.807, 2.05) is 11.6 Å². The number of aryl methyl sites for hydroxylation is 1. The van der Waals surface area contributed by atoms with E-state index in [4.69, 9.17) is 5.11 Å². The smallest absolute Gasteiger partial charge is 0.307 e. The number of carboxylic acids is 1. The molecule has 3 rings (SSSR count). The van der Waals surface area contributed by atoms with Gasteiger partial charge in [-0.25, -0.2) is 0 Å². The first-order valence-electron chi connectivity index (χ1n) is 6.93. The van der Waals surface area contributed by atoms with Crippen LogP contribution in [0.5, 0.6) is 0 Å². The molecule has 1 saturated carbocycles. The number of aromatic nitrogens is 3. The minimum absolute atomic E-state index is 0.00994. The van der Waals surface area contributed by atoms with Crippen LogP contribution in [0.3, 0.4) is 0 Å². The van der Waals surface area contributed by atoms with Gasteiger partial charge >= 0.3 is 5.97 Å². The Kier molecular flexibility index (Phi) is 3.19. The molecule has 1 aromatic heterocycles. The van der Waals surface area contributed by atoms with Crippen molar-refractivity contribution in [3.8, 4) is 0 Å². The Morgan fingerprint density at radius 1 is 1.40 bits per heavy atom. The summed E-state index contributed by atoms with van der Waals surface area (Å²) in [5.41, 5.74) is 0. The first-order chi connectivity index (χ1) is 9.58. The molecule has 1 N–H and O–H groups in total. The summed E-state index contributed by atoms with van der Waals surface area (Å²) in [6.07, 6.45) is 4.06. The van der Waals surface area contributed by atoms with E-state index in [1.54, 1.807) is 11.2 Å². The number of nitrogens with zero attached hydrogens (tertiary/aromatic N) is 4. The number of hydrogen-bond acceptors (Lipinski definition) is 4. The number of aliphatic carboxylic acids is 1.